The van der Waals surface area contributed by atoms with Gasteiger partial charge in [0.15, 0.2) is 11.6 Å². The molecule has 0 radical (unpaired) electrons. The molecule has 3 aromatic rings. The number of para-hydroxylation sites is 1. The molecular formula is C27H30FNO3. The van der Waals surface area contributed by atoms with Crippen molar-refractivity contribution in [2.75, 3.05) is 26.4 Å². The van der Waals surface area contributed by atoms with Crippen LogP contribution in [-0.2, 0) is 30.7 Å². The monoisotopic (exact) mass is 435 g/mol. The second kappa shape index (κ2) is 10.6. The zero-order valence-electron chi connectivity index (χ0n) is 18.5. The quantitative estimate of drug-likeness (QED) is 0.622. The van der Waals surface area contributed by atoms with Gasteiger partial charge >= 0.3 is 0 Å². The number of benzene rings is 3. The SMILES string of the molecule is CCc1ccc2c(c1)Cc1cccc(c1)CN(Cc1cccc(F)c1O)CCOCCO2. The summed E-state index contributed by atoms with van der Waals surface area (Å²) in [5.41, 5.74) is 5.45. The van der Waals surface area contributed by atoms with Crippen molar-refractivity contribution in [2.45, 2.75) is 32.9 Å². The van der Waals surface area contributed by atoms with Gasteiger partial charge in [0.05, 0.1) is 13.2 Å². The third kappa shape index (κ3) is 5.67. The van der Waals surface area contributed by atoms with E-state index < -0.39 is 5.82 Å². The fourth-order valence-corrected chi connectivity index (χ4v) is 4.10. The molecule has 4 rings (SSSR count). The molecule has 4 nitrogen and oxygen atoms in total. The van der Waals surface area contributed by atoms with Gasteiger partial charge < -0.3 is 14.6 Å². The predicted octanol–water partition coefficient (Wildman–Crippen LogP) is 5.10. The average molecular weight is 436 g/mol. The summed E-state index contributed by atoms with van der Waals surface area (Å²) in [5.74, 6) is 0.0416. The van der Waals surface area contributed by atoms with Crippen LogP contribution in [0.1, 0.15) is 34.7 Å². The Morgan fingerprint density at radius 1 is 0.969 bits per heavy atom. The van der Waals surface area contributed by atoms with E-state index in [0.29, 0.717) is 45.0 Å². The first-order valence-electron chi connectivity index (χ1n) is 11.2. The lowest BCUT2D eigenvalue weighted by molar-refractivity contribution is 0.0755. The smallest absolute Gasteiger partial charge is 0.165 e. The number of nitrogens with zero attached hydrogens (tertiary/aromatic N) is 1. The molecule has 0 aliphatic carbocycles. The van der Waals surface area contributed by atoms with E-state index in [1.165, 1.54) is 28.3 Å². The highest BCUT2D eigenvalue weighted by Gasteiger charge is 2.14. The maximum Gasteiger partial charge on any atom is 0.165 e. The van der Waals surface area contributed by atoms with Gasteiger partial charge in [0.1, 0.15) is 12.4 Å². The largest absolute Gasteiger partial charge is 0.505 e. The van der Waals surface area contributed by atoms with Crippen LogP contribution >= 0.6 is 0 Å². The average Bonchev–Trinajstić information content (AvgIpc) is 2.79. The third-order valence-corrected chi connectivity index (χ3v) is 5.83. The highest BCUT2D eigenvalue weighted by Crippen LogP contribution is 2.26. The third-order valence-electron chi connectivity index (χ3n) is 5.83. The number of hydrogen-bond donors (Lipinski definition) is 1. The molecule has 0 spiro atoms. The van der Waals surface area contributed by atoms with Crippen molar-refractivity contribution in [3.63, 3.8) is 0 Å². The minimum Gasteiger partial charge on any atom is -0.505 e. The van der Waals surface area contributed by atoms with Crippen molar-refractivity contribution in [3.8, 4) is 11.5 Å². The topological polar surface area (TPSA) is 41.9 Å². The number of aryl methyl sites for hydroxylation is 1. The summed E-state index contributed by atoms with van der Waals surface area (Å²) in [5, 5.41) is 10.1. The minimum absolute atomic E-state index is 0.279. The van der Waals surface area contributed by atoms with E-state index >= 15 is 0 Å². The highest BCUT2D eigenvalue weighted by molar-refractivity contribution is 5.41. The Balaban J connectivity index is 1.60. The Bertz CT molecular complexity index is 1050. The van der Waals surface area contributed by atoms with Crippen LogP contribution < -0.4 is 4.74 Å². The zero-order valence-corrected chi connectivity index (χ0v) is 18.5. The second-order valence-corrected chi connectivity index (χ2v) is 8.21. The molecule has 0 amide bonds. The van der Waals surface area contributed by atoms with E-state index in [0.717, 1.165) is 18.6 Å². The van der Waals surface area contributed by atoms with Crippen molar-refractivity contribution in [2.24, 2.45) is 0 Å². The number of rotatable bonds is 3. The lowest BCUT2D eigenvalue weighted by Crippen LogP contribution is -2.27. The number of phenols is 1. The van der Waals surface area contributed by atoms with Crippen molar-refractivity contribution < 1.29 is 19.0 Å². The maximum atomic E-state index is 13.8. The summed E-state index contributed by atoms with van der Waals surface area (Å²) in [7, 11) is 0. The van der Waals surface area contributed by atoms with E-state index in [9.17, 15) is 9.50 Å². The Hall–Kier alpha value is -2.89. The first-order chi connectivity index (χ1) is 15.6. The normalized spacial score (nSPS) is 15.4. The summed E-state index contributed by atoms with van der Waals surface area (Å²) >= 11 is 0. The summed E-state index contributed by atoms with van der Waals surface area (Å²) in [6.45, 7) is 5.47. The van der Waals surface area contributed by atoms with E-state index in [2.05, 4.69) is 54.3 Å². The standard InChI is InChI=1S/C27H30FNO3/c1-2-20-9-10-26-24(16-20)17-21-5-3-6-22(15-21)18-29(11-12-31-13-14-32-26)19-23-7-4-8-25(28)27(23)30/h3-10,15-16,30H,2,11-14,17-19H2,1H3. The molecule has 5 heteroatoms. The van der Waals surface area contributed by atoms with E-state index in [1.807, 2.05) is 0 Å². The molecule has 1 aliphatic rings. The summed E-state index contributed by atoms with van der Waals surface area (Å²) < 4.78 is 25.7. The lowest BCUT2D eigenvalue weighted by atomic mass is 9.99. The van der Waals surface area contributed by atoms with Gasteiger partial charge in [-0.2, -0.15) is 0 Å². The summed E-state index contributed by atoms with van der Waals surface area (Å²) in [4.78, 5) is 2.17. The van der Waals surface area contributed by atoms with Crippen molar-refractivity contribution >= 4 is 0 Å². The number of ether oxygens (including phenoxy) is 2. The lowest BCUT2D eigenvalue weighted by Gasteiger charge is -2.24. The molecule has 168 valence electrons. The molecule has 0 aromatic heterocycles. The van der Waals surface area contributed by atoms with Crippen molar-refractivity contribution in [1.29, 1.82) is 0 Å². The first-order valence-corrected chi connectivity index (χ1v) is 11.2. The molecule has 0 saturated heterocycles. The Morgan fingerprint density at radius 3 is 2.69 bits per heavy atom. The molecule has 0 saturated carbocycles. The molecule has 1 N–H and O–H groups in total. The van der Waals surface area contributed by atoms with Gasteiger partial charge in [-0.15, -0.1) is 0 Å². The number of phenolic OH excluding ortho intramolecular Hbond substituents is 1. The fourth-order valence-electron chi connectivity index (χ4n) is 4.10. The molecule has 0 fully saturated rings. The van der Waals surface area contributed by atoms with Gasteiger partial charge in [-0.3, -0.25) is 4.90 Å². The van der Waals surface area contributed by atoms with Gasteiger partial charge in [-0.25, -0.2) is 4.39 Å². The molecule has 0 unspecified atom stereocenters. The highest BCUT2D eigenvalue weighted by atomic mass is 19.1. The molecule has 0 atom stereocenters. The minimum atomic E-state index is -0.592. The van der Waals surface area contributed by atoms with Crippen LogP contribution in [-0.4, -0.2) is 36.4 Å². The Morgan fingerprint density at radius 2 is 1.81 bits per heavy atom. The molecule has 32 heavy (non-hydrogen) atoms. The number of fused-ring (bicyclic) bond motifs is 3. The number of halogens is 1. The van der Waals surface area contributed by atoms with Gasteiger partial charge in [-0.05, 0) is 40.8 Å². The van der Waals surface area contributed by atoms with Crippen LogP contribution in [0, 0.1) is 5.82 Å². The summed E-state index contributed by atoms with van der Waals surface area (Å²) in [6.07, 6.45) is 1.78. The van der Waals surface area contributed by atoms with Crippen molar-refractivity contribution in [1.82, 2.24) is 4.90 Å². The maximum absolute atomic E-state index is 13.8. The Labute approximate surface area is 189 Å². The molecule has 1 heterocycles. The van der Waals surface area contributed by atoms with Crippen molar-refractivity contribution in [3.05, 3.63) is 94.3 Å². The van der Waals surface area contributed by atoms with Gasteiger partial charge in [-0.1, -0.05) is 55.5 Å². The second-order valence-electron chi connectivity index (χ2n) is 8.21. The van der Waals surface area contributed by atoms with Crippen LogP contribution in [0.15, 0.2) is 60.7 Å². The van der Waals surface area contributed by atoms with Crippen LogP contribution in [0.25, 0.3) is 0 Å². The van der Waals surface area contributed by atoms with Crippen LogP contribution in [0.3, 0.4) is 0 Å². The van der Waals surface area contributed by atoms with E-state index in [1.54, 1.807) is 12.1 Å². The number of hydrogen-bond acceptors (Lipinski definition) is 4. The fraction of sp³-hybridized carbons (Fsp3) is 0.333. The molecule has 1 aliphatic heterocycles. The van der Waals surface area contributed by atoms with Gasteiger partial charge in [0.2, 0.25) is 0 Å². The predicted molar refractivity (Wildman–Crippen MR) is 124 cm³/mol. The van der Waals surface area contributed by atoms with E-state index in [4.69, 9.17) is 9.47 Å². The molecule has 2 bridgehead atoms. The zero-order chi connectivity index (χ0) is 22.3. The molecule has 3 aromatic carbocycles. The number of aromatic hydroxyl groups is 1. The Kier molecular flexibility index (Phi) is 7.40. The first kappa shape index (κ1) is 22.3. The van der Waals surface area contributed by atoms with Crippen LogP contribution in [0.2, 0.25) is 0 Å². The van der Waals surface area contributed by atoms with Gasteiger partial charge in [0.25, 0.3) is 0 Å². The van der Waals surface area contributed by atoms with Gasteiger partial charge in [0, 0.05) is 31.6 Å². The molecular weight excluding hydrogens is 405 g/mol. The summed E-state index contributed by atoms with van der Waals surface area (Å²) in [6, 6.07) is 19.6. The van der Waals surface area contributed by atoms with E-state index in [-0.39, 0.29) is 5.75 Å². The van der Waals surface area contributed by atoms with Crippen LogP contribution in [0.4, 0.5) is 4.39 Å². The van der Waals surface area contributed by atoms with Crippen LogP contribution in [0.5, 0.6) is 11.5 Å².